The van der Waals surface area contributed by atoms with Crippen LogP contribution in [-0.2, 0) is 0 Å². The molecule has 2 aliphatic heterocycles. The molecule has 0 aromatic heterocycles. The fraction of sp³-hybridized carbons (Fsp3) is 1.00. The van der Waals surface area contributed by atoms with Gasteiger partial charge in [0.25, 0.3) is 0 Å². The molecule has 2 rings (SSSR count). The molecule has 2 unspecified atom stereocenters. The lowest BCUT2D eigenvalue weighted by Gasteiger charge is -2.40. The third-order valence-corrected chi connectivity index (χ3v) is 4.57. The molecule has 0 bridgehead atoms. The number of nitrogens with one attached hydrogen (secondary N) is 1. The maximum Gasteiger partial charge on any atom is 0.0210 e. The second-order valence-electron chi connectivity index (χ2n) is 5.97. The Balaban J connectivity index is 1.74. The van der Waals surface area contributed by atoms with E-state index < -0.39 is 0 Å². The van der Waals surface area contributed by atoms with E-state index in [1.807, 2.05) is 0 Å². The molecular formula is C14H30N4. The lowest BCUT2D eigenvalue weighted by molar-refractivity contribution is 0.0993. The highest BCUT2D eigenvalue weighted by atomic mass is 15.3. The summed E-state index contributed by atoms with van der Waals surface area (Å²) in [4.78, 5) is 7.66. The monoisotopic (exact) mass is 254 g/mol. The third kappa shape index (κ3) is 3.92. The summed E-state index contributed by atoms with van der Waals surface area (Å²) in [5.41, 5.74) is 0. The van der Waals surface area contributed by atoms with Gasteiger partial charge in [-0.25, -0.2) is 0 Å². The fourth-order valence-corrected chi connectivity index (χ4v) is 3.16. The molecule has 0 saturated carbocycles. The van der Waals surface area contributed by atoms with Crippen molar-refractivity contribution < 1.29 is 0 Å². The lowest BCUT2D eigenvalue weighted by Crippen LogP contribution is -2.54. The molecule has 2 saturated heterocycles. The minimum Gasteiger partial charge on any atom is -0.311 e. The molecule has 2 heterocycles. The molecule has 2 aliphatic rings. The molecule has 18 heavy (non-hydrogen) atoms. The first-order chi connectivity index (χ1) is 8.69. The molecule has 0 radical (unpaired) electrons. The van der Waals surface area contributed by atoms with Crippen molar-refractivity contribution in [3.05, 3.63) is 0 Å². The van der Waals surface area contributed by atoms with E-state index in [1.54, 1.807) is 0 Å². The van der Waals surface area contributed by atoms with Gasteiger partial charge in [0.15, 0.2) is 0 Å². The number of hydrogen-bond acceptors (Lipinski definition) is 4. The van der Waals surface area contributed by atoms with Crippen LogP contribution in [0.3, 0.4) is 0 Å². The Labute approximate surface area is 112 Å². The van der Waals surface area contributed by atoms with Gasteiger partial charge in [0.1, 0.15) is 0 Å². The van der Waals surface area contributed by atoms with Gasteiger partial charge in [-0.3, -0.25) is 4.90 Å². The van der Waals surface area contributed by atoms with Crippen LogP contribution in [-0.4, -0.2) is 86.2 Å². The minimum absolute atomic E-state index is 0.688. The van der Waals surface area contributed by atoms with E-state index in [-0.39, 0.29) is 0 Å². The quantitative estimate of drug-likeness (QED) is 0.779. The van der Waals surface area contributed by atoms with Crippen LogP contribution in [0.1, 0.15) is 20.3 Å². The van der Waals surface area contributed by atoms with Crippen LogP contribution >= 0.6 is 0 Å². The van der Waals surface area contributed by atoms with Gasteiger partial charge in [-0.05, 0) is 26.9 Å². The van der Waals surface area contributed by atoms with Crippen LogP contribution < -0.4 is 5.32 Å². The van der Waals surface area contributed by atoms with Crippen LogP contribution in [0.2, 0.25) is 0 Å². The van der Waals surface area contributed by atoms with E-state index in [0.717, 1.165) is 6.54 Å². The van der Waals surface area contributed by atoms with Crippen LogP contribution in [0.15, 0.2) is 0 Å². The zero-order valence-electron chi connectivity index (χ0n) is 12.4. The van der Waals surface area contributed by atoms with Crippen LogP contribution in [0.4, 0.5) is 0 Å². The van der Waals surface area contributed by atoms with Crippen LogP contribution in [0, 0.1) is 0 Å². The molecule has 0 aromatic rings. The van der Waals surface area contributed by atoms with Crippen molar-refractivity contribution in [1.29, 1.82) is 0 Å². The molecule has 2 atom stereocenters. The highest BCUT2D eigenvalue weighted by Gasteiger charge is 2.24. The van der Waals surface area contributed by atoms with Gasteiger partial charge in [0, 0.05) is 57.9 Å². The van der Waals surface area contributed by atoms with E-state index in [0.29, 0.717) is 12.1 Å². The summed E-state index contributed by atoms with van der Waals surface area (Å²) < 4.78 is 0. The third-order valence-electron chi connectivity index (χ3n) is 4.57. The second-order valence-corrected chi connectivity index (χ2v) is 5.97. The minimum atomic E-state index is 0.688. The van der Waals surface area contributed by atoms with E-state index in [9.17, 15) is 0 Å². The normalized spacial score (nSPS) is 30.5. The number of likely N-dealkylation sites (N-methyl/N-ethyl adjacent to an activating group) is 2. The summed E-state index contributed by atoms with van der Waals surface area (Å²) in [6, 6.07) is 1.40. The smallest absolute Gasteiger partial charge is 0.0210 e. The van der Waals surface area contributed by atoms with E-state index >= 15 is 0 Å². The molecular weight excluding hydrogens is 224 g/mol. The summed E-state index contributed by atoms with van der Waals surface area (Å²) in [7, 11) is 2.23. The van der Waals surface area contributed by atoms with Crippen molar-refractivity contribution in [1.82, 2.24) is 20.0 Å². The van der Waals surface area contributed by atoms with Gasteiger partial charge in [0.2, 0.25) is 0 Å². The van der Waals surface area contributed by atoms with Crippen LogP contribution in [0.5, 0.6) is 0 Å². The maximum atomic E-state index is 3.68. The first-order valence-electron chi connectivity index (χ1n) is 7.57. The number of rotatable bonds is 4. The zero-order valence-corrected chi connectivity index (χ0v) is 12.4. The van der Waals surface area contributed by atoms with Gasteiger partial charge < -0.3 is 15.1 Å². The van der Waals surface area contributed by atoms with Gasteiger partial charge in [0.05, 0.1) is 0 Å². The zero-order chi connectivity index (χ0) is 13.0. The molecule has 2 fully saturated rings. The topological polar surface area (TPSA) is 21.8 Å². The average Bonchev–Trinajstić information content (AvgIpc) is 2.39. The van der Waals surface area contributed by atoms with Crippen molar-refractivity contribution in [2.24, 2.45) is 0 Å². The van der Waals surface area contributed by atoms with E-state index in [4.69, 9.17) is 0 Å². The Morgan fingerprint density at radius 3 is 2.56 bits per heavy atom. The fourth-order valence-electron chi connectivity index (χ4n) is 3.16. The molecule has 0 aromatic carbocycles. The predicted molar refractivity (Wildman–Crippen MR) is 77.1 cm³/mol. The summed E-state index contributed by atoms with van der Waals surface area (Å²) in [6.07, 6.45) is 1.29. The van der Waals surface area contributed by atoms with Crippen molar-refractivity contribution in [2.75, 3.05) is 59.4 Å². The maximum absolute atomic E-state index is 3.68. The molecule has 0 spiro atoms. The van der Waals surface area contributed by atoms with Gasteiger partial charge >= 0.3 is 0 Å². The first-order valence-corrected chi connectivity index (χ1v) is 7.57. The molecule has 0 amide bonds. The average molecular weight is 254 g/mol. The lowest BCUT2D eigenvalue weighted by atomic mass is 10.0. The van der Waals surface area contributed by atoms with E-state index in [2.05, 4.69) is 40.9 Å². The van der Waals surface area contributed by atoms with Crippen molar-refractivity contribution >= 4 is 0 Å². The Bertz CT molecular complexity index is 238. The predicted octanol–water partition coefficient (Wildman–Crippen LogP) is 0.306. The van der Waals surface area contributed by atoms with Gasteiger partial charge in [-0.1, -0.05) is 6.92 Å². The second kappa shape index (κ2) is 6.85. The number of nitrogens with zero attached hydrogens (tertiary/aromatic N) is 3. The van der Waals surface area contributed by atoms with Crippen molar-refractivity contribution in [2.45, 2.75) is 32.4 Å². The molecule has 1 N–H and O–H groups in total. The van der Waals surface area contributed by atoms with Crippen LogP contribution in [0.25, 0.3) is 0 Å². The van der Waals surface area contributed by atoms with Gasteiger partial charge in [-0.15, -0.1) is 0 Å². The largest absolute Gasteiger partial charge is 0.311 e. The van der Waals surface area contributed by atoms with Crippen molar-refractivity contribution in [3.63, 3.8) is 0 Å². The summed E-state index contributed by atoms with van der Waals surface area (Å²) in [5.74, 6) is 0. The Morgan fingerprint density at radius 1 is 1.17 bits per heavy atom. The molecule has 0 aliphatic carbocycles. The Kier molecular flexibility index (Phi) is 5.42. The van der Waals surface area contributed by atoms with Gasteiger partial charge in [-0.2, -0.15) is 0 Å². The summed E-state index contributed by atoms with van der Waals surface area (Å²) in [5, 5.41) is 3.68. The highest BCUT2D eigenvalue weighted by molar-refractivity contribution is 4.83. The highest BCUT2D eigenvalue weighted by Crippen LogP contribution is 2.12. The summed E-state index contributed by atoms with van der Waals surface area (Å²) >= 11 is 0. The Morgan fingerprint density at radius 2 is 1.89 bits per heavy atom. The molecule has 4 nitrogen and oxygen atoms in total. The molecule has 106 valence electrons. The summed E-state index contributed by atoms with van der Waals surface area (Å²) in [6.45, 7) is 14.4. The number of piperazine rings is 2. The number of hydrogen-bond donors (Lipinski definition) is 1. The standard InChI is InChI=1S/C14H30N4/c1-4-17-6-5-15-14(12-17)11-13(2)18-9-7-16(3)8-10-18/h13-15H,4-12H2,1-3H3. The first kappa shape index (κ1) is 14.3. The van der Waals surface area contributed by atoms with E-state index in [1.165, 1.54) is 52.2 Å². The molecule has 4 heteroatoms. The SMILES string of the molecule is CCN1CCNC(CC(C)N2CCN(C)CC2)C1. The van der Waals surface area contributed by atoms with Crippen molar-refractivity contribution in [3.8, 4) is 0 Å². The Hall–Kier alpha value is -0.160.